The molecule has 1 atom stereocenters. The summed E-state index contributed by atoms with van der Waals surface area (Å²) in [6, 6.07) is 16.9. The maximum atomic E-state index is 14.3. The quantitative estimate of drug-likeness (QED) is 0.305. The van der Waals surface area contributed by atoms with E-state index in [4.69, 9.17) is 10.5 Å². The van der Waals surface area contributed by atoms with Crippen LogP contribution in [0.3, 0.4) is 0 Å². The van der Waals surface area contributed by atoms with Gasteiger partial charge in [0.1, 0.15) is 11.8 Å². The summed E-state index contributed by atoms with van der Waals surface area (Å²) in [6.45, 7) is 0.468. The lowest BCUT2D eigenvalue weighted by Gasteiger charge is -2.19. The van der Waals surface area contributed by atoms with E-state index in [9.17, 15) is 14.4 Å². The van der Waals surface area contributed by atoms with E-state index in [2.05, 4.69) is 33.5 Å². The number of halogens is 2. The minimum atomic E-state index is -0.625. The Morgan fingerprint density at radius 3 is 2.78 bits per heavy atom. The molecule has 0 radical (unpaired) electrons. The van der Waals surface area contributed by atoms with Crippen molar-refractivity contribution in [3.63, 3.8) is 0 Å². The van der Waals surface area contributed by atoms with E-state index in [1.165, 1.54) is 18.2 Å². The molecule has 1 aliphatic heterocycles. The van der Waals surface area contributed by atoms with Crippen molar-refractivity contribution in [2.24, 2.45) is 0 Å². The van der Waals surface area contributed by atoms with Crippen LogP contribution in [0.2, 0.25) is 0 Å². The summed E-state index contributed by atoms with van der Waals surface area (Å²) in [5.74, 6) is -0.501. The van der Waals surface area contributed by atoms with Crippen LogP contribution in [0.15, 0.2) is 59.1 Å². The molecule has 6 nitrogen and oxygen atoms in total. The number of hydrogen-bond donors (Lipinski definition) is 3. The van der Waals surface area contributed by atoms with Crippen LogP contribution in [0.25, 0.3) is 0 Å². The number of nitrogen functional groups attached to an aromatic ring is 1. The second kappa shape index (κ2) is 9.10. The number of thiol groups is 1. The zero-order valence-corrected chi connectivity index (χ0v) is 19.2. The van der Waals surface area contributed by atoms with Crippen molar-refractivity contribution in [3.8, 4) is 17.6 Å². The van der Waals surface area contributed by atoms with Crippen LogP contribution in [0.5, 0.6) is 11.5 Å². The molecule has 1 heterocycles. The highest BCUT2D eigenvalue weighted by Gasteiger charge is 2.32. The molecule has 0 bridgehead atoms. The topological polar surface area (TPSA) is 91.4 Å². The Labute approximate surface area is 198 Å². The van der Waals surface area contributed by atoms with Crippen LogP contribution in [0, 0.1) is 17.1 Å². The summed E-state index contributed by atoms with van der Waals surface area (Å²) in [5, 5.41) is 9.27. The Hall–Kier alpha value is -3.22. The predicted molar refractivity (Wildman–Crippen MR) is 129 cm³/mol. The first kappa shape index (κ1) is 22.0. The number of rotatable bonds is 5. The molecular formula is C23H18BrFN4O2S. The van der Waals surface area contributed by atoms with Crippen molar-refractivity contribution in [2.45, 2.75) is 12.3 Å². The molecule has 0 saturated carbocycles. The van der Waals surface area contributed by atoms with Crippen LogP contribution in [-0.2, 0) is 4.79 Å². The Bertz CT molecular complexity index is 1250. The number of nitrogens with two attached hydrogens (primary N) is 1. The van der Waals surface area contributed by atoms with Crippen molar-refractivity contribution >= 4 is 51.7 Å². The number of hydrogen-bond acceptors (Lipinski definition) is 6. The van der Waals surface area contributed by atoms with Gasteiger partial charge in [-0.05, 0) is 64.0 Å². The van der Waals surface area contributed by atoms with Gasteiger partial charge in [0.15, 0.2) is 11.6 Å². The van der Waals surface area contributed by atoms with Gasteiger partial charge in [-0.25, -0.2) is 4.39 Å². The average Bonchev–Trinajstić information content (AvgIpc) is 3.18. The van der Waals surface area contributed by atoms with Crippen LogP contribution in [0.4, 0.5) is 21.5 Å². The Balaban J connectivity index is 1.60. The van der Waals surface area contributed by atoms with Crippen molar-refractivity contribution < 1.29 is 13.9 Å². The molecule has 0 aromatic heterocycles. The molecule has 1 amide bonds. The molecule has 32 heavy (non-hydrogen) atoms. The fourth-order valence-electron chi connectivity index (χ4n) is 3.66. The minimum absolute atomic E-state index is 0.0211. The number of carbonyl (C=O) groups excluding carboxylic acids is 1. The van der Waals surface area contributed by atoms with Gasteiger partial charge in [-0.1, -0.05) is 24.9 Å². The summed E-state index contributed by atoms with van der Waals surface area (Å²) >= 11 is 7.42. The molecule has 3 aromatic rings. The van der Waals surface area contributed by atoms with Crippen molar-refractivity contribution in [1.82, 2.24) is 0 Å². The monoisotopic (exact) mass is 512 g/mol. The number of nitriles is 1. The first-order valence-corrected chi connectivity index (χ1v) is 10.9. The first-order valence-electron chi connectivity index (χ1n) is 9.67. The molecule has 0 aliphatic carbocycles. The standard InChI is InChI=1S/C23H18BrFN4O2S/c24-17-6-4-13(8-21(17)31-23-14(11-26)2-1-3-18(23)25)15-9-22(30)29(12-15)16-5-7-20(28-32)19(27)10-16/h1-8,10,15,28,32H,9,12,27H2/t15-/m0/s1. The average molecular weight is 513 g/mol. The number of carbonyl (C=O) groups is 1. The van der Waals surface area contributed by atoms with Crippen LogP contribution in [-0.4, -0.2) is 12.5 Å². The van der Waals surface area contributed by atoms with E-state index in [0.717, 1.165) is 5.56 Å². The second-order valence-electron chi connectivity index (χ2n) is 7.31. The lowest BCUT2D eigenvalue weighted by atomic mass is 9.98. The third-order valence-corrected chi connectivity index (χ3v) is 6.21. The van der Waals surface area contributed by atoms with Crippen molar-refractivity contribution in [1.29, 1.82) is 5.26 Å². The predicted octanol–water partition coefficient (Wildman–Crippen LogP) is 5.61. The first-order chi connectivity index (χ1) is 15.4. The fourth-order valence-corrected chi connectivity index (χ4v) is 4.19. The normalized spacial score (nSPS) is 15.5. The number of ether oxygens (including phenoxy) is 1. The van der Waals surface area contributed by atoms with E-state index in [-0.39, 0.29) is 23.1 Å². The highest BCUT2D eigenvalue weighted by atomic mass is 79.9. The Morgan fingerprint density at radius 2 is 2.06 bits per heavy atom. The lowest BCUT2D eigenvalue weighted by Crippen LogP contribution is -2.24. The Kier molecular flexibility index (Phi) is 6.26. The summed E-state index contributed by atoms with van der Waals surface area (Å²) in [4.78, 5) is 14.4. The van der Waals surface area contributed by atoms with E-state index < -0.39 is 5.82 Å². The van der Waals surface area contributed by atoms with E-state index >= 15 is 0 Å². The van der Waals surface area contributed by atoms with Gasteiger partial charge in [0.25, 0.3) is 0 Å². The summed E-state index contributed by atoms with van der Waals surface area (Å²) in [6.07, 6.45) is 0.316. The maximum absolute atomic E-state index is 14.3. The molecule has 3 N–H and O–H groups in total. The molecule has 1 fully saturated rings. The SMILES string of the molecule is N#Cc1cccc(F)c1Oc1cc([C@H]2CC(=O)N(c3ccc(NS)c(N)c3)C2)ccc1Br. The van der Waals surface area contributed by atoms with E-state index in [0.29, 0.717) is 40.2 Å². The van der Waals surface area contributed by atoms with Crippen LogP contribution in [0.1, 0.15) is 23.5 Å². The molecular weight excluding hydrogens is 495 g/mol. The third kappa shape index (κ3) is 4.24. The number of nitrogens with zero attached hydrogens (tertiary/aromatic N) is 2. The van der Waals surface area contributed by atoms with Crippen molar-refractivity contribution in [2.75, 3.05) is 21.9 Å². The largest absolute Gasteiger partial charge is 0.452 e. The number of anilines is 3. The van der Waals surface area contributed by atoms with Gasteiger partial charge in [0, 0.05) is 24.6 Å². The number of para-hydroxylation sites is 1. The van der Waals surface area contributed by atoms with E-state index in [1.807, 2.05) is 18.2 Å². The molecule has 1 saturated heterocycles. The molecule has 1 aliphatic rings. The van der Waals surface area contributed by atoms with Gasteiger partial charge in [-0.2, -0.15) is 5.26 Å². The minimum Gasteiger partial charge on any atom is -0.452 e. The zero-order chi connectivity index (χ0) is 22.8. The summed E-state index contributed by atoms with van der Waals surface area (Å²) < 4.78 is 23.4. The van der Waals surface area contributed by atoms with Gasteiger partial charge in [-0.15, -0.1) is 0 Å². The van der Waals surface area contributed by atoms with Gasteiger partial charge in [-0.3, -0.25) is 4.79 Å². The van der Waals surface area contributed by atoms with Gasteiger partial charge < -0.3 is 20.1 Å². The summed E-state index contributed by atoms with van der Waals surface area (Å²) in [7, 11) is 0. The van der Waals surface area contributed by atoms with Crippen LogP contribution >= 0.6 is 28.7 Å². The fraction of sp³-hybridized carbons (Fsp3) is 0.130. The molecule has 162 valence electrons. The molecule has 3 aromatic carbocycles. The van der Waals surface area contributed by atoms with Gasteiger partial charge >= 0.3 is 0 Å². The smallest absolute Gasteiger partial charge is 0.227 e. The second-order valence-corrected chi connectivity index (χ2v) is 8.39. The van der Waals surface area contributed by atoms with E-state index in [1.54, 1.807) is 29.2 Å². The number of benzene rings is 3. The third-order valence-electron chi connectivity index (χ3n) is 5.32. The molecule has 0 unspecified atom stereocenters. The van der Waals surface area contributed by atoms with Gasteiger partial charge in [0.2, 0.25) is 5.91 Å². The van der Waals surface area contributed by atoms with Crippen molar-refractivity contribution in [3.05, 3.63) is 76.0 Å². The highest BCUT2D eigenvalue weighted by molar-refractivity contribution is 9.10. The zero-order valence-electron chi connectivity index (χ0n) is 16.7. The molecule has 9 heteroatoms. The lowest BCUT2D eigenvalue weighted by molar-refractivity contribution is -0.117. The Morgan fingerprint density at radius 1 is 1.25 bits per heavy atom. The van der Waals surface area contributed by atoms with Crippen LogP contribution < -0.4 is 20.1 Å². The molecule has 4 rings (SSSR count). The maximum Gasteiger partial charge on any atom is 0.227 e. The summed E-state index contributed by atoms with van der Waals surface area (Å²) in [5.41, 5.74) is 8.85. The van der Waals surface area contributed by atoms with Gasteiger partial charge in [0.05, 0.1) is 21.4 Å². The number of nitrogens with one attached hydrogen (secondary N) is 1. The molecule has 0 spiro atoms. The highest BCUT2D eigenvalue weighted by Crippen LogP contribution is 2.39. The number of amides is 1.